The number of aryl methyl sites for hydroxylation is 1. The van der Waals surface area contributed by atoms with Gasteiger partial charge in [-0.1, -0.05) is 6.42 Å². The lowest BCUT2D eigenvalue weighted by Gasteiger charge is -2.40. The van der Waals surface area contributed by atoms with Crippen molar-refractivity contribution in [1.29, 1.82) is 0 Å². The number of amides is 1. The second kappa shape index (κ2) is 5.16. The average molecular weight is 278 g/mol. The van der Waals surface area contributed by atoms with E-state index in [9.17, 15) is 4.79 Å². The molecule has 1 amide bonds. The lowest BCUT2D eigenvalue weighted by molar-refractivity contribution is -0.141. The first-order valence-corrected chi connectivity index (χ1v) is 7.30. The molecule has 0 spiro atoms. The van der Waals surface area contributed by atoms with Crippen LogP contribution in [-0.4, -0.2) is 34.4 Å². The Morgan fingerprint density at radius 3 is 2.80 bits per heavy atom. The van der Waals surface area contributed by atoms with Crippen molar-refractivity contribution in [2.45, 2.75) is 38.1 Å². The smallest absolute Gasteiger partial charge is 0.229 e. The van der Waals surface area contributed by atoms with Crippen LogP contribution < -0.4 is 5.32 Å². The lowest BCUT2D eigenvalue weighted by atomic mass is 9.68. The van der Waals surface area contributed by atoms with Crippen molar-refractivity contribution in [3.8, 4) is 0 Å². The molecule has 1 N–H and O–H groups in total. The zero-order valence-corrected chi connectivity index (χ0v) is 12.1. The third-order valence-corrected chi connectivity index (χ3v) is 4.62. The number of hydrogen-bond acceptors (Lipinski definition) is 4. The normalized spacial score (nSPS) is 22.1. The SMILES string of the molecule is COCC1(C(=O)NC(c2ncnn2C)C2CC2)CCC1. The molecule has 0 radical (unpaired) electrons. The largest absolute Gasteiger partial charge is 0.384 e. The summed E-state index contributed by atoms with van der Waals surface area (Å²) in [5.74, 6) is 1.47. The van der Waals surface area contributed by atoms with Gasteiger partial charge in [-0.05, 0) is 31.6 Å². The number of ether oxygens (including phenoxy) is 1. The van der Waals surface area contributed by atoms with Crippen molar-refractivity contribution in [1.82, 2.24) is 20.1 Å². The van der Waals surface area contributed by atoms with Gasteiger partial charge in [-0.25, -0.2) is 4.98 Å². The molecule has 1 aromatic rings. The molecule has 1 aromatic heterocycles. The van der Waals surface area contributed by atoms with Crippen LogP contribution in [-0.2, 0) is 16.6 Å². The van der Waals surface area contributed by atoms with Gasteiger partial charge in [0.2, 0.25) is 5.91 Å². The summed E-state index contributed by atoms with van der Waals surface area (Å²) in [4.78, 5) is 16.9. The zero-order valence-electron chi connectivity index (χ0n) is 12.1. The van der Waals surface area contributed by atoms with E-state index in [1.54, 1.807) is 18.1 Å². The highest BCUT2D eigenvalue weighted by Crippen LogP contribution is 2.44. The summed E-state index contributed by atoms with van der Waals surface area (Å²) in [6, 6.07) is -0.00988. The van der Waals surface area contributed by atoms with Crippen LogP contribution in [0.1, 0.15) is 44.0 Å². The Kier molecular flexibility index (Phi) is 3.50. The summed E-state index contributed by atoms with van der Waals surface area (Å²) in [6.07, 6.45) is 6.79. The van der Waals surface area contributed by atoms with E-state index in [0.29, 0.717) is 12.5 Å². The summed E-state index contributed by atoms with van der Waals surface area (Å²) < 4.78 is 7.01. The second-order valence-electron chi connectivity index (χ2n) is 6.10. The topological polar surface area (TPSA) is 69.0 Å². The first-order valence-electron chi connectivity index (χ1n) is 7.30. The molecule has 0 bridgehead atoms. The number of aromatic nitrogens is 3. The van der Waals surface area contributed by atoms with Crippen molar-refractivity contribution in [3.05, 3.63) is 12.2 Å². The van der Waals surface area contributed by atoms with Crippen LogP contribution in [0, 0.1) is 11.3 Å². The number of rotatable bonds is 6. The number of carbonyl (C=O) groups excluding carboxylic acids is 1. The number of nitrogens with one attached hydrogen (secondary N) is 1. The van der Waals surface area contributed by atoms with Gasteiger partial charge >= 0.3 is 0 Å². The highest BCUT2D eigenvalue weighted by molar-refractivity contribution is 5.84. The maximum atomic E-state index is 12.6. The molecule has 1 unspecified atom stereocenters. The molecule has 3 rings (SSSR count). The molecule has 0 aliphatic heterocycles. The molecular weight excluding hydrogens is 256 g/mol. The van der Waals surface area contributed by atoms with Crippen LogP contribution >= 0.6 is 0 Å². The van der Waals surface area contributed by atoms with E-state index in [4.69, 9.17) is 4.74 Å². The first-order chi connectivity index (χ1) is 9.66. The van der Waals surface area contributed by atoms with Crippen molar-refractivity contribution in [2.24, 2.45) is 18.4 Å². The fourth-order valence-corrected chi connectivity index (χ4v) is 3.02. The standard InChI is InChI=1S/C14H22N4O2/c1-18-12(15-9-16-18)11(10-4-5-10)17-13(19)14(8-20-2)6-3-7-14/h9-11H,3-8H2,1-2H3,(H,17,19). The monoisotopic (exact) mass is 278 g/mol. The van der Waals surface area contributed by atoms with Crippen molar-refractivity contribution in [2.75, 3.05) is 13.7 Å². The van der Waals surface area contributed by atoms with Crippen LogP contribution in [0.3, 0.4) is 0 Å². The molecule has 6 heteroatoms. The van der Waals surface area contributed by atoms with Gasteiger partial charge in [-0.15, -0.1) is 0 Å². The Labute approximate surface area is 118 Å². The number of nitrogens with zero attached hydrogens (tertiary/aromatic N) is 3. The van der Waals surface area contributed by atoms with Crippen molar-refractivity contribution < 1.29 is 9.53 Å². The number of hydrogen-bond donors (Lipinski definition) is 1. The Hall–Kier alpha value is -1.43. The van der Waals surface area contributed by atoms with Crippen molar-refractivity contribution in [3.63, 3.8) is 0 Å². The third kappa shape index (κ3) is 2.32. The Balaban J connectivity index is 1.74. The molecule has 2 saturated carbocycles. The highest BCUT2D eigenvalue weighted by Gasteiger charge is 2.46. The number of methoxy groups -OCH3 is 1. The van der Waals surface area contributed by atoms with E-state index < -0.39 is 0 Å². The molecule has 2 aliphatic carbocycles. The van der Waals surface area contributed by atoms with Gasteiger partial charge in [0.25, 0.3) is 0 Å². The summed E-state index contributed by atoms with van der Waals surface area (Å²) in [5, 5.41) is 7.32. The fraction of sp³-hybridized carbons (Fsp3) is 0.786. The molecule has 1 heterocycles. The quantitative estimate of drug-likeness (QED) is 0.849. The van der Waals surface area contributed by atoms with Gasteiger partial charge in [-0.2, -0.15) is 5.10 Å². The van der Waals surface area contributed by atoms with Gasteiger partial charge in [-0.3, -0.25) is 9.48 Å². The molecule has 0 aromatic carbocycles. The Morgan fingerprint density at radius 1 is 1.60 bits per heavy atom. The van der Waals surface area contributed by atoms with E-state index in [0.717, 1.165) is 37.9 Å². The maximum Gasteiger partial charge on any atom is 0.229 e. The van der Waals surface area contributed by atoms with E-state index in [1.807, 2.05) is 7.05 Å². The number of carbonyl (C=O) groups is 1. The maximum absolute atomic E-state index is 12.6. The first kappa shape index (κ1) is 13.5. The molecule has 2 aliphatic rings. The van der Waals surface area contributed by atoms with Crippen LogP contribution in [0.5, 0.6) is 0 Å². The van der Waals surface area contributed by atoms with Crippen LogP contribution in [0.15, 0.2) is 6.33 Å². The average Bonchev–Trinajstić information content (AvgIpc) is 3.13. The second-order valence-corrected chi connectivity index (χ2v) is 6.10. The zero-order chi connectivity index (χ0) is 14.2. The van der Waals surface area contributed by atoms with Gasteiger partial charge in [0.05, 0.1) is 18.1 Å². The van der Waals surface area contributed by atoms with E-state index in [2.05, 4.69) is 15.4 Å². The molecule has 20 heavy (non-hydrogen) atoms. The molecular formula is C14H22N4O2. The Bertz CT molecular complexity index is 491. The van der Waals surface area contributed by atoms with E-state index >= 15 is 0 Å². The van der Waals surface area contributed by atoms with Gasteiger partial charge < -0.3 is 10.1 Å². The summed E-state index contributed by atoms with van der Waals surface area (Å²) in [6.45, 7) is 0.509. The van der Waals surface area contributed by atoms with E-state index in [-0.39, 0.29) is 17.4 Å². The van der Waals surface area contributed by atoms with Crippen molar-refractivity contribution >= 4 is 5.91 Å². The summed E-state index contributed by atoms with van der Waals surface area (Å²) in [7, 11) is 3.53. The van der Waals surface area contributed by atoms with E-state index in [1.165, 1.54) is 0 Å². The summed E-state index contributed by atoms with van der Waals surface area (Å²) in [5.41, 5.74) is -0.319. The Morgan fingerprint density at radius 2 is 2.35 bits per heavy atom. The van der Waals surface area contributed by atoms with Gasteiger partial charge in [0, 0.05) is 14.2 Å². The predicted octanol–water partition coefficient (Wildman–Crippen LogP) is 1.20. The molecule has 2 fully saturated rings. The van der Waals surface area contributed by atoms with Gasteiger partial charge in [0.1, 0.15) is 12.2 Å². The van der Waals surface area contributed by atoms with Gasteiger partial charge in [0.15, 0.2) is 0 Å². The molecule has 6 nitrogen and oxygen atoms in total. The van der Waals surface area contributed by atoms with Crippen LogP contribution in [0.25, 0.3) is 0 Å². The highest BCUT2D eigenvalue weighted by atomic mass is 16.5. The van der Waals surface area contributed by atoms with Crippen LogP contribution in [0.4, 0.5) is 0 Å². The van der Waals surface area contributed by atoms with Crippen LogP contribution in [0.2, 0.25) is 0 Å². The molecule has 0 saturated heterocycles. The third-order valence-electron chi connectivity index (χ3n) is 4.62. The molecule has 110 valence electrons. The summed E-state index contributed by atoms with van der Waals surface area (Å²) >= 11 is 0. The minimum atomic E-state index is -0.319. The minimum absolute atomic E-state index is 0.00988. The molecule has 1 atom stereocenters. The minimum Gasteiger partial charge on any atom is -0.384 e. The lowest BCUT2D eigenvalue weighted by Crippen LogP contribution is -2.50. The predicted molar refractivity (Wildman–Crippen MR) is 72.8 cm³/mol. The fourth-order valence-electron chi connectivity index (χ4n) is 3.02.